The summed E-state index contributed by atoms with van der Waals surface area (Å²) in [6, 6.07) is 0.281. The van der Waals surface area contributed by atoms with Gasteiger partial charge >= 0.3 is 0 Å². The molecule has 1 amide bonds. The molecule has 124 valence electrons. The maximum atomic E-state index is 11.7. The lowest BCUT2D eigenvalue weighted by molar-refractivity contribution is -0.122. The van der Waals surface area contributed by atoms with Gasteiger partial charge in [-0.15, -0.1) is 0 Å². The van der Waals surface area contributed by atoms with Crippen LogP contribution in [-0.2, 0) is 11.3 Å². The Balaban J connectivity index is 1.78. The van der Waals surface area contributed by atoms with Crippen molar-refractivity contribution in [3.8, 4) is 0 Å². The Labute approximate surface area is 139 Å². The molecular formula is C15H22N6OS. The lowest BCUT2D eigenvalue weighted by atomic mass is 10.3. The van der Waals surface area contributed by atoms with Crippen LogP contribution in [0.25, 0.3) is 11.0 Å². The second-order valence-electron chi connectivity index (χ2n) is 6.03. The lowest BCUT2D eigenvalue weighted by Crippen LogP contribution is -2.28. The van der Waals surface area contributed by atoms with Crippen LogP contribution in [0.3, 0.4) is 0 Å². The van der Waals surface area contributed by atoms with Gasteiger partial charge in [-0.05, 0) is 32.9 Å². The monoisotopic (exact) mass is 334 g/mol. The number of carbonyl (C=O) groups is 1. The molecule has 1 aliphatic rings. The molecule has 2 aromatic heterocycles. The van der Waals surface area contributed by atoms with Gasteiger partial charge in [0.25, 0.3) is 0 Å². The average molecular weight is 334 g/mol. The van der Waals surface area contributed by atoms with E-state index in [2.05, 4.69) is 39.5 Å². The molecule has 23 heavy (non-hydrogen) atoms. The van der Waals surface area contributed by atoms with Crippen molar-refractivity contribution in [2.75, 3.05) is 18.1 Å². The Morgan fingerprint density at radius 1 is 1.43 bits per heavy atom. The summed E-state index contributed by atoms with van der Waals surface area (Å²) >= 11 is 1.50. The molecule has 0 atom stereocenters. The van der Waals surface area contributed by atoms with Crippen LogP contribution in [0.15, 0.2) is 11.4 Å². The van der Waals surface area contributed by atoms with Gasteiger partial charge in [0.15, 0.2) is 10.8 Å². The normalized spacial score (nSPS) is 14.4. The number of aromatic nitrogens is 4. The quantitative estimate of drug-likeness (QED) is 0.594. The number of rotatable bonds is 7. The molecule has 1 aliphatic carbocycles. The highest BCUT2D eigenvalue weighted by molar-refractivity contribution is 7.98. The molecule has 1 saturated carbocycles. The minimum Gasteiger partial charge on any atom is -0.367 e. The molecule has 7 nitrogen and oxygen atoms in total. The zero-order valence-corrected chi connectivity index (χ0v) is 14.5. The van der Waals surface area contributed by atoms with Crippen molar-refractivity contribution in [2.45, 2.75) is 44.4 Å². The van der Waals surface area contributed by atoms with Crippen LogP contribution in [-0.4, -0.2) is 44.5 Å². The van der Waals surface area contributed by atoms with Crippen LogP contribution in [0.1, 0.15) is 26.7 Å². The van der Waals surface area contributed by atoms with Crippen molar-refractivity contribution in [1.29, 1.82) is 0 Å². The third kappa shape index (κ3) is 3.74. The zero-order chi connectivity index (χ0) is 16.4. The van der Waals surface area contributed by atoms with Crippen LogP contribution in [0.4, 0.5) is 5.82 Å². The van der Waals surface area contributed by atoms with Crippen molar-refractivity contribution >= 4 is 34.5 Å². The molecule has 2 N–H and O–H groups in total. The second-order valence-corrected chi connectivity index (χ2v) is 6.80. The highest BCUT2D eigenvalue weighted by Crippen LogP contribution is 2.28. The predicted octanol–water partition coefficient (Wildman–Crippen LogP) is 1.89. The van der Waals surface area contributed by atoms with E-state index in [0.717, 1.165) is 29.7 Å². The fourth-order valence-electron chi connectivity index (χ4n) is 2.35. The number of nitrogens with zero attached hydrogens (tertiary/aromatic N) is 4. The number of nitrogens with one attached hydrogen (secondary N) is 2. The Hall–Kier alpha value is -1.83. The van der Waals surface area contributed by atoms with Gasteiger partial charge in [-0.2, -0.15) is 5.10 Å². The molecule has 0 aliphatic heterocycles. The molecule has 0 bridgehead atoms. The van der Waals surface area contributed by atoms with E-state index in [-0.39, 0.29) is 17.9 Å². The second kappa shape index (κ2) is 6.74. The first-order valence-electron chi connectivity index (χ1n) is 7.90. The molecule has 3 rings (SSSR count). The van der Waals surface area contributed by atoms with Gasteiger partial charge in [-0.1, -0.05) is 11.8 Å². The highest BCUT2D eigenvalue weighted by atomic mass is 32.2. The van der Waals surface area contributed by atoms with Crippen LogP contribution < -0.4 is 10.6 Å². The molecular weight excluding hydrogens is 312 g/mol. The Bertz CT molecular complexity index is 709. The first-order chi connectivity index (χ1) is 11.1. The third-order valence-electron chi connectivity index (χ3n) is 3.65. The number of amides is 1. The van der Waals surface area contributed by atoms with Gasteiger partial charge < -0.3 is 10.6 Å². The molecule has 1 fully saturated rings. The summed E-state index contributed by atoms with van der Waals surface area (Å²) in [5.41, 5.74) is 0.799. The van der Waals surface area contributed by atoms with Crippen LogP contribution in [0.5, 0.6) is 0 Å². The minimum absolute atomic E-state index is 0.156. The van der Waals surface area contributed by atoms with Gasteiger partial charge in [0.1, 0.15) is 5.82 Å². The molecule has 0 aromatic carbocycles. The maximum absolute atomic E-state index is 11.7. The van der Waals surface area contributed by atoms with E-state index in [1.54, 1.807) is 6.20 Å². The van der Waals surface area contributed by atoms with E-state index < -0.39 is 0 Å². The van der Waals surface area contributed by atoms with Crippen LogP contribution in [0, 0.1) is 5.92 Å². The van der Waals surface area contributed by atoms with Crippen LogP contribution >= 0.6 is 11.8 Å². The van der Waals surface area contributed by atoms with Crippen LogP contribution in [0.2, 0.25) is 0 Å². The highest BCUT2D eigenvalue weighted by Gasteiger charge is 2.29. The lowest BCUT2D eigenvalue weighted by Gasteiger charge is -2.11. The molecule has 0 radical (unpaired) electrons. The minimum atomic E-state index is 0.156. The number of hydrogen-bond acceptors (Lipinski definition) is 6. The summed E-state index contributed by atoms with van der Waals surface area (Å²) in [4.78, 5) is 20.8. The summed E-state index contributed by atoms with van der Waals surface area (Å²) in [6.07, 6.45) is 5.78. The molecule has 2 aromatic rings. The van der Waals surface area contributed by atoms with E-state index in [4.69, 9.17) is 0 Å². The van der Waals surface area contributed by atoms with Crippen molar-refractivity contribution in [1.82, 2.24) is 25.1 Å². The van der Waals surface area contributed by atoms with Gasteiger partial charge in [-0.3, -0.25) is 4.79 Å². The molecule has 2 heterocycles. The summed E-state index contributed by atoms with van der Waals surface area (Å²) in [6.45, 7) is 5.32. The molecule has 0 spiro atoms. The predicted molar refractivity (Wildman–Crippen MR) is 91.6 cm³/mol. The molecule has 0 saturated heterocycles. The van der Waals surface area contributed by atoms with Gasteiger partial charge in [0, 0.05) is 18.5 Å². The molecule has 0 unspecified atom stereocenters. The Kier molecular flexibility index (Phi) is 4.70. The van der Waals surface area contributed by atoms with E-state index in [1.165, 1.54) is 11.8 Å². The van der Waals surface area contributed by atoms with Gasteiger partial charge in [0.2, 0.25) is 5.91 Å². The van der Waals surface area contributed by atoms with E-state index in [0.29, 0.717) is 18.2 Å². The largest absolute Gasteiger partial charge is 0.367 e. The maximum Gasteiger partial charge on any atom is 0.223 e. The fraction of sp³-hybridized carbons (Fsp3) is 0.600. The molecule has 8 heteroatoms. The van der Waals surface area contributed by atoms with Gasteiger partial charge in [0.05, 0.1) is 18.1 Å². The standard InChI is InChI=1S/C15H22N6OS/c1-9(2)18-12-11-8-17-21(13(11)20-15(19-12)23-3)7-6-16-14(22)10-4-5-10/h8-10H,4-7H2,1-3H3,(H,16,22)(H,18,19,20). The fourth-order valence-corrected chi connectivity index (χ4v) is 2.71. The first kappa shape index (κ1) is 16.0. The van der Waals surface area contributed by atoms with Crippen molar-refractivity contribution in [3.05, 3.63) is 6.20 Å². The summed E-state index contributed by atoms with van der Waals surface area (Å²) in [5.74, 6) is 1.20. The number of carbonyl (C=O) groups excluding carboxylic acids is 1. The Morgan fingerprint density at radius 2 is 2.22 bits per heavy atom. The zero-order valence-electron chi connectivity index (χ0n) is 13.7. The summed E-state index contributed by atoms with van der Waals surface area (Å²) in [7, 11) is 0. The van der Waals surface area contributed by atoms with Crippen molar-refractivity contribution in [2.24, 2.45) is 5.92 Å². The number of fused-ring (bicyclic) bond motifs is 1. The number of thioether (sulfide) groups is 1. The smallest absolute Gasteiger partial charge is 0.223 e. The van der Waals surface area contributed by atoms with Crippen molar-refractivity contribution in [3.63, 3.8) is 0 Å². The van der Waals surface area contributed by atoms with E-state index in [1.807, 2.05) is 10.9 Å². The van der Waals surface area contributed by atoms with Gasteiger partial charge in [-0.25, -0.2) is 14.6 Å². The van der Waals surface area contributed by atoms with E-state index in [9.17, 15) is 4.79 Å². The first-order valence-corrected chi connectivity index (χ1v) is 9.12. The number of anilines is 1. The third-order valence-corrected chi connectivity index (χ3v) is 4.20. The topological polar surface area (TPSA) is 84.7 Å². The van der Waals surface area contributed by atoms with E-state index >= 15 is 0 Å². The van der Waals surface area contributed by atoms with Crippen molar-refractivity contribution < 1.29 is 4.79 Å². The average Bonchev–Trinajstić information content (AvgIpc) is 3.29. The summed E-state index contributed by atoms with van der Waals surface area (Å²) < 4.78 is 1.83. The summed E-state index contributed by atoms with van der Waals surface area (Å²) in [5, 5.41) is 12.3. The number of hydrogen-bond donors (Lipinski definition) is 2. The Morgan fingerprint density at radius 3 is 2.87 bits per heavy atom. The SMILES string of the molecule is CSc1nc(NC(C)C)c2cnn(CCNC(=O)C3CC3)c2n1.